The van der Waals surface area contributed by atoms with Gasteiger partial charge in [0.15, 0.2) is 0 Å². The van der Waals surface area contributed by atoms with Gasteiger partial charge in [-0.1, -0.05) is 39.5 Å². The van der Waals surface area contributed by atoms with Crippen LogP contribution in [0.15, 0.2) is 0 Å². The maximum absolute atomic E-state index is 12.8. The van der Waals surface area contributed by atoms with Gasteiger partial charge in [-0.15, -0.1) is 0 Å². The molecule has 0 fully saturated rings. The zero-order chi connectivity index (χ0) is 22.9. The molecule has 0 heterocycles. The van der Waals surface area contributed by atoms with E-state index < -0.39 is 28.6 Å². The molecule has 0 aliphatic heterocycles. The van der Waals surface area contributed by atoms with Crippen molar-refractivity contribution < 1.29 is 23.9 Å². The second kappa shape index (κ2) is 11.6. The third-order valence-corrected chi connectivity index (χ3v) is 4.43. The average molecular weight is 414 g/mol. The minimum Gasteiger partial charge on any atom is -0.460 e. The molecule has 1 amide bonds. The molecule has 0 bridgehead atoms. The van der Waals surface area contributed by atoms with Crippen LogP contribution in [0, 0.1) is 5.92 Å². The van der Waals surface area contributed by atoms with E-state index in [4.69, 9.17) is 9.47 Å². The maximum Gasteiger partial charge on any atom is 0.332 e. The minimum absolute atomic E-state index is 0.158. The molecule has 0 aliphatic carbocycles. The molecule has 0 aromatic rings. The molecule has 0 radical (unpaired) electrons. The van der Waals surface area contributed by atoms with Crippen LogP contribution in [0.3, 0.4) is 0 Å². The van der Waals surface area contributed by atoms with E-state index in [0.29, 0.717) is 12.8 Å². The lowest BCUT2D eigenvalue weighted by Gasteiger charge is -2.33. The van der Waals surface area contributed by atoms with Crippen molar-refractivity contribution in [3.8, 4) is 0 Å². The van der Waals surface area contributed by atoms with E-state index in [1.165, 1.54) is 0 Å². The lowest BCUT2D eigenvalue weighted by molar-refractivity contribution is -0.165. The highest BCUT2D eigenvalue weighted by Crippen LogP contribution is 2.22. The summed E-state index contributed by atoms with van der Waals surface area (Å²) in [5.74, 6) is -1.42. The van der Waals surface area contributed by atoms with Gasteiger partial charge in [0.25, 0.3) is 0 Å². The number of hydrogen-bond donors (Lipinski definition) is 1. The fourth-order valence-electron chi connectivity index (χ4n) is 2.76. The summed E-state index contributed by atoms with van der Waals surface area (Å²) in [6, 6.07) is 0. The molecule has 0 aliphatic rings. The zero-order valence-electron chi connectivity index (χ0n) is 20.1. The van der Waals surface area contributed by atoms with Gasteiger partial charge in [-0.3, -0.25) is 9.59 Å². The normalized spacial score (nSPS) is 15.2. The summed E-state index contributed by atoms with van der Waals surface area (Å²) in [6.45, 7) is 16.5. The van der Waals surface area contributed by atoms with E-state index >= 15 is 0 Å². The Morgan fingerprint density at radius 2 is 1.41 bits per heavy atom. The molecule has 6 nitrogen and oxygen atoms in total. The van der Waals surface area contributed by atoms with Crippen molar-refractivity contribution in [3.05, 3.63) is 0 Å². The predicted octanol–water partition coefficient (Wildman–Crippen LogP) is 4.93. The first-order valence-electron chi connectivity index (χ1n) is 10.9. The fraction of sp³-hybridized carbons (Fsp3) is 0.870. The zero-order valence-corrected chi connectivity index (χ0v) is 20.1. The number of amides is 1. The number of carbonyl (C=O) groups is 3. The molecule has 170 valence electrons. The Kier molecular flexibility index (Phi) is 10.9. The smallest absolute Gasteiger partial charge is 0.332 e. The second-order valence-electron chi connectivity index (χ2n) is 10.2. The molecule has 0 aromatic heterocycles. The predicted molar refractivity (Wildman–Crippen MR) is 115 cm³/mol. The lowest BCUT2D eigenvalue weighted by Crippen LogP contribution is -2.55. The van der Waals surface area contributed by atoms with Gasteiger partial charge in [0, 0.05) is 12.3 Å². The Morgan fingerprint density at radius 1 is 0.862 bits per heavy atom. The SMILES string of the molecule is CCCCCC[C@@](C)(NC(=O)[C@@H](C)CCC(=O)OC(C)(C)C)C(=O)OC(C)(C)C. The van der Waals surface area contributed by atoms with Crippen LogP contribution < -0.4 is 5.32 Å². The van der Waals surface area contributed by atoms with Crippen LogP contribution in [-0.4, -0.2) is 34.6 Å². The van der Waals surface area contributed by atoms with E-state index in [1.54, 1.807) is 13.8 Å². The molecule has 0 aromatic carbocycles. The summed E-state index contributed by atoms with van der Waals surface area (Å²) in [7, 11) is 0. The molecule has 0 rings (SSSR count). The standard InChI is InChI=1S/C23H43NO5/c1-10-11-12-13-16-23(9,20(27)29-22(6,7)8)24-19(26)17(2)14-15-18(25)28-21(3,4)5/h17H,10-16H2,1-9H3,(H,24,26)/t17-,23+/m0/s1. The highest BCUT2D eigenvalue weighted by molar-refractivity contribution is 5.89. The highest BCUT2D eigenvalue weighted by Gasteiger charge is 2.39. The van der Waals surface area contributed by atoms with Gasteiger partial charge in [-0.05, 0) is 61.3 Å². The summed E-state index contributed by atoms with van der Waals surface area (Å²) in [5, 5.41) is 2.90. The van der Waals surface area contributed by atoms with Crippen molar-refractivity contribution in [3.63, 3.8) is 0 Å². The van der Waals surface area contributed by atoms with Crippen LogP contribution >= 0.6 is 0 Å². The van der Waals surface area contributed by atoms with Gasteiger partial charge in [0.1, 0.15) is 16.7 Å². The van der Waals surface area contributed by atoms with Crippen LogP contribution in [-0.2, 0) is 23.9 Å². The Labute approximate surface area is 177 Å². The van der Waals surface area contributed by atoms with Crippen LogP contribution in [0.1, 0.15) is 107 Å². The number of unbranched alkanes of at least 4 members (excludes halogenated alkanes) is 3. The first-order valence-corrected chi connectivity index (χ1v) is 10.9. The first-order chi connectivity index (χ1) is 13.1. The Hall–Kier alpha value is -1.59. The lowest BCUT2D eigenvalue weighted by atomic mass is 9.92. The summed E-state index contributed by atoms with van der Waals surface area (Å²) in [6.07, 6.45) is 5.05. The molecule has 1 N–H and O–H groups in total. The topological polar surface area (TPSA) is 81.7 Å². The number of hydrogen-bond acceptors (Lipinski definition) is 5. The molecular weight excluding hydrogens is 370 g/mol. The van der Waals surface area contributed by atoms with Crippen LogP contribution in [0.5, 0.6) is 0 Å². The molecule has 0 saturated carbocycles. The molecular formula is C23H43NO5. The maximum atomic E-state index is 12.8. The second-order valence-corrected chi connectivity index (χ2v) is 10.2. The summed E-state index contributed by atoms with van der Waals surface area (Å²) in [4.78, 5) is 37.5. The first kappa shape index (κ1) is 27.4. The van der Waals surface area contributed by atoms with Crippen molar-refractivity contribution >= 4 is 17.8 Å². The third-order valence-electron chi connectivity index (χ3n) is 4.43. The number of carbonyl (C=O) groups excluding carboxylic acids is 3. The van der Waals surface area contributed by atoms with E-state index in [2.05, 4.69) is 12.2 Å². The fourth-order valence-corrected chi connectivity index (χ4v) is 2.76. The van der Waals surface area contributed by atoms with E-state index in [9.17, 15) is 14.4 Å². The van der Waals surface area contributed by atoms with Crippen molar-refractivity contribution in [2.24, 2.45) is 5.92 Å². The average Bonchev–Trinajstić information content (AvgIpc) is 2.53. The van der Waals surface area contributed by atoms with Crippen molar-refractivity contribution in [2.45, 2.75) is 124 Å². The quantitative estimate of drug-likeness (QED) is 0.383. The van der Waals surface area contributed by atoms with Crippen molar-refractivity contribution in [1.29, 1.82) is 0 Å². The van der Waals surface area contributed by atoms with Gasteiger partial charge in [-0.25, -0.2) is 4.79 Å². The molecule has 2 atom stereocenters. The number of rotatable bonds is 11. The summed E-state index contributed by atoms with van der Waals surface area (Å²) < 4.78 is 10.9. The number of nitrogens with one attached hydrogen (secondary N) is 1. The third kappa shape index (κ3) is 12.6. The molecule has 0 unspecified atom stereocenters. The van der Waals surface area contributed by atoms with Gasteiger partial charge in [0.2, 0.25) is 5.91 Å². The van der Waals surface area contributed by atoms with Crippen LogP contribution in [0.4, 0.5) is 0 Å². The van der Waals surface area contributed by atoms with Crippen molar-refractivity contribution in [2.75, 3.05) is 0 Å². The van der Waals surface area contributed by atoms with E-state index in [1.807, 2.05) is 41.5 Å². The summed E-state index contributed by atoms with van der Waals surface area (Å²) >= 11 is 0. The highest BCUT2D eigenvalue weighted by atomic mass is 16.6. The van der Waals surface area contributed by atoms with Crippen molar-refractivity contribution in [1.82, 2.24) is 5.32 Å². The molecule has 29 heavy (non-hydrogen) atoms. The monoisotopic (exact) mass is 413 g/mol. The summed E-state index contributed by atoms with van der Waals surface area (Å²) in [5.41, 5.74) is -2.26. The van der Waals surface area contributed by atoms with Crippen LogP contribution in [0.25, 0.3) is 0 Å². The molecule has 6 heteroatoms. The largest absolute Gasteiger partial charge is 0.460 e. The molecule has 0 spiro atoms. The van der Waals surface area contributed by atoms with Gasteiger partial charge in [-0.2, -0.15) is 0 Å². The van der Waals surface area contributed by atoms with Gasteiger partial charge < -0.3 is 14.8 Å². The van der Waals surface area contributed by atoms with E-state index in [-0.39, 0.29) is 18.3 Å². The Morgan fingerprint density at radius 3 is 1.90 bits per heavy atom. The van der Waals surface area contributed by atoms with Gasteiger partial charge in [0.05, 0.1) is 0 Å². The minimum atomic E-state index is -1.09. The van der Waals surface area contributed by atoms with E-state index in [0.717, 1.165) is 25.7 Å². The Balaban J connectivity index is 4.99. The van der Waals surface area contributed by atoms with Crippen LogP contribution in [0.2, 0.25) is 0 Å². The molecule has 0 saturated heterocycles. The van der Waals surface area contributed by atoms with Gasteiger partial charge >= 0.3 is 11.9 Å². The number of ether oxygens (including phenoxy) is 2. The Bertz CT molecular complexity index is 544. The number of esters is 2.